The van der Waals surface area contributed by atoms with E-state index < -0.39 is 12.0 Å². The molecular weight excluding hydrogens is 500 g/mol. The van der Waals surface area contributed by atoms with Crippen molar-refractivity contribution >= 4 is 29.2 Å². The number of amides is 1. The number of carboxylic acids is 1. The molecule has 39 heavy (non-hydrogen) atoms. The fourth-order valence-corrected chi connectivity index (χ4v) is 5.01. The second-order valence-corrected chi connectivity index (χ2v) is 10.8. The lowest BCUT2D eigenvalue weighted by molar-refractivity contribution is -0.138. The quantitative estimate of drug-likeness (QED) is 0.437. The lowest BCUT2D eigenvalue weighted by Crippen LogP contribution is -2.44. The fraction of sp³-hybridized carbons (Fsp3) is 0.448. The van der Waals surface area contributed by atoms with E-state index >= 15 is 0 Å². The van der Waals surface area contributed by atoms with Crippen molar-refractivity contribution in [2.45, 2.75) is 52.6 Å². The molecule has 2 aliphatic rings. The summed E-state index contributed by atoms with van der Waals surface area (Å²) in [5.41, 5.74) is 3.20. The number of hydrogen-bond donors (Lipinski definition) is 3. The summed E-state index contributed by atoms with van der Waals surface area (Å²) in [6.07, 6.45) is 0. The Labute approximate surface area is 228 Å². The van der Waals surface area contributed by atoms with Gasteiger partial charge in [-0.1, -0.05) is 20.8 Å². The summed E-state index contributed by atoms with van der Waals surface area (Å²) in [5, 5.41) is 21.0. The molecule has 0 saturated carbocycles. The second-order valence-electron chi connectivity index (χ2n) is 10.8. The van der Waals surface area contributed by atoms with Gasteiger partial charge >= 0.3 is 5.97 Å². The van der Waals surface area contributed by atoms with Gasteiger partial charge in [-0.25, -0.2) is 4.79 Å². The van der Waals surface area contributed by atoms with Crippen molar-refractivity contribution in [2.75, 3.05) is 38.3 Å². The molecule has 2 aromatic rings. The first-order valence-corrected chi connectivity index (χ1v) is 13.1. The van der Waals surface area contributed by atoms with Crippen molar-refractivity contribution in [1.29, 1.82) is 5.41 Å². The van der Waals surface area contributed by atoms with E-state index in [1.54, 1.807) is 34.9 Å². The highest BCUT2D eigenvalue weighted by molar-refractivity contribution is 6.08. The summed E-state index contributed by atoms with van der Waals surface area (Å²) in [7, 11) is 1.54. The van der Waals surface area contributed by atoms with Crippen molar-refractivity contribution in [3.05, 3.63) is 52.1 Å². The molecule has 0 fully saturated rings. The molecule has 10 nitrogen and oxygen atoms in total. The summed E-state index contributed by atoms with van der Waals surface area (Å²) in [6, 6.07) is 6.14. The number of ketones is 1. The molecular formula is C29H36N4O6. The molecule has 1 unspecified atom stereocenters. The first-order valence-electron chi connectivity index (χ1n) is 13.1. The summed E-state index contributed by atoms with van der Waals surface area (Å²) in [5.74, 6) is -0.271. The van der Waals surface area contributed by atoms with Crippen molar-refractivity contribution in [3.8, 4) is 11.5 Å². The zero-order chi connectivity index (χ0) is 28.6. The number of carbonyl (C=O) groups is 3. The highest BCUT2D eigenvalue weighted by atomic mass is 16.5. The molecule has 0 spiro atoms. The van der Waals surface area contributed by atoms with Crippen LogP contribution in [0.1, 0.15) is 72.0 Å². The minimum absolute atomic E-state index is 0.0511. The first kappa shape index (κ1) is 27.9. The summed E-state index contributed by atoms with van der Waals surface area (Å²) < 4.78 is 11.7. The molecule has 10 heteroatoms. The predicted molar refractivity (Wildman–Crippen MR) is 148 cm³/mol. The van der Waals surface area contributed by atoms with Crippen LogP contribution >= 0.6 is 0 Å². The van der Waals surface area contributed by atoms with Crippen LogP contribution in [0.3, 0.4) is 0 Å². The van der Waals surface area contributed by atoms with Crippen molar-refractivity contribution in [1.82, 2.24) is 10.2 Å². The van der Waals surface area contributed by atoms with Gasteiger partial charge in [0.2, 0.25) is 0 Å². The van der Waals surface area contributed by atoms with Gasteiger partial charge in [0.15, 0.2) is 5.78 Å². The van der Waals surface area contributed by atoms with E-state index in [1.807, 2.05) is 33.8 Å². The first-order chi connectivity index (χ1) is 18.4. The number of Topliss-reactive ketones (excluding diaryl/α,β-unsaturated/α-hetero) is 1. The number of benzene rings is 2. The van der Waals surface area contributed by atoms with Gasteiger partial charge in [-0.15, -0.1) is 0 Å². The largest absolute Gasteiger partial charge is 0.493 e. The van der Waals surface area contributed by atoms with Crippen LogP contribution in [0, 0.1) is 5.41 Å². The summed E-state index contributed by atoms with van der Waals surface area (Å²) in [6.45, 7) is 10.9. The molecule has 1 amide bonds. The van der Waals surface area contributed by atoms with Crippen molar-refractivity contribution in [3.63, 3.8) is 0 Å². The number of nitrogens with one attached hydrogen (secondary N) is 2. The molecule has 4 rings (SSSR count). The van der Waals surface area contributed by atoms with Crippen molar-refractivity contribution in [2.24, 2.45) is 0 Å². The summed E-state index contributed by atoms with van der Waals surface area (Å²) >= 11 is 0. The average Bonchev–Trinajstić information content (AvgIpc) is 3.19. The Balaban J connectivity index is 1.68. The molecule has 0 aromatic heterocycles. The Bertz CT molecular complexity index is 1350. The average molecular weight is 537 g/mol. The number of carboxylic acid groups (broad SMARTS) is 1. The number of hydrogen-bond acceptors (Lipinski definition) is 7. The SMILES string of the molecule is CCOc1cc2c(cc1C(=O)NC)C(=N)N(CC(=O)c1cc3c(c(C(C)(C)C)c1)OCCN3C(C)C(=O)O)C2. The highest BCUT2D eigenvalue weighted by Gasteiger charge is 2.34. The topological polar surface area (TPSA) is 132 Å². The number of carbonyl (C=O) groups excluding carboxylic acids is 2. The Morgan fingerprint density at radius 3 is 2.54 bits per heavy atom. The lowest BCUT2D eigenvalue weighted by atomic mass is 9.84. The van der Waals surface area contributed by atoms with Gasteiger partial charge in [0.05, 0.1) is 30.9 Å². The molecule has 0 radical (unpaired) electrons. The van der Waals surface area contributed by atoms with E-state index in [-0.39, 0.29) is 29.5 Å². The Kier molecular flexibility index (Phi) is 7.59. The van der Waals surface area contributed by atoms with Crippen molar-refractivity contribution < 1.29 is 29.0 Å². The van der Waals surface area contributed by atoms with E-state index in [0.29, 0.717) is 60.2 Å². The molecule has 0 bridgehead atoms. The number of anilines is 1. The third-order valence-corrected chi connectivity index (χ3v) is 7.16. The minimum Gasteiger partial charge on any atom is -0.493 e. The Morgan fingerprint density at radius 2 is 1.92 bits per heavy atom. The van der Waals surface area contributed by atoms with Crippen LogP contribution in [-0.4, -0.2) is 72.9 Å². The zero-order valence-electron chi connectivity index (χ0n) is 23.3. The Hall–Kier alpha value is -4.08. The molecule has 2 aromatic carbocycles. The maximum Gasteiger partial charge on any atom is 0.326 e. The standard InChI is InChI=1S/C29H36N4O6/c1-7-38-24-12-18-14-32(26(30)19(18)13-20(24)27(35)31-6)15-23(34)17-10-21(29(3,4)5)25-22(11-17)33(8-9-39-25)16(2)28(36)37/h10-13,16,30H,7-9,14-15H2,1-6H3,(H,31,35)(H,36,37). The van der Waals surface area contributed by atoms with Gasteiger partial charge in [-0.05, 0) is 49.1 Å². The van der Waals surface area contributed by atoms with E-state index in [2.05, 4.69) is 5.32 Å². The lowest BCUT2D eigenvalue weighted by Gasteiger charge is -2.37. The van der Waals surface area contributed by atoms with Crippen LogP contribution in [0.5, 0.6) is 11.5 Å². The van der Waals surface area contributed by atoms with Gasteiger partial charge < -0.3 is 29.7 Å². The van der Waals surface area contributed by atoms with Crippen LogP contribution in [0.15, 0.2) is 24.3 Å². The smallest absolute Gasteiger partial charge is 0.326 e. The maximum absolute atomic E-state index is 13.7. The van der Waals surface area contributed by atoms with Gasteiger partial charge in [-0.2, -0.15) is 0 Å². The van der Waals surface area contributed by atoms with Crippen LogP contribution in [0.2, 0.25) is 0 Å². The molecule has 2 heterocycles. The predicted octanol–water partition coefficient (Wildman–Crippen LogP) is 3.44. The van der Waals surface area contributed by atoms with Gasteiger partial charge in [0.25, 0.3) is 5.91 Å². The van der Waals surface area contributed by atoms with Gasteiger partial charge in [0.1, 0.15) is 30.0 Å². The van der Waals surface area contributed by atoms with Crippen LogP contribution < -0.4 is 19.7 Å². The number of amidine groups is 1. The minimum atomic E-state index is -0.956. The summed E-state index contributed by atoms with van der Waals surface area (Å²) in [4.78, 5) is 41.3. The van der Waals surface area contributed by atoms with E-state index in [4.69, 9.17) is 14.9 Å². The molecule has 1 atom stereocenters. The van der Waals surface area contributed by atoms with Crippen LogP contribution in [0.4, 0.5) is 5.69 Å². The van der Waals surface area contributed by atoms with Gasteiger partial charge in [-0.3, -0.25) is 15.0 Å². The van der Waals surface area contributed by atoms with E-state index in [9.17, 15) is 19.5 Å². The van der Waals surface area contributed by atoms with E-state index in [1.165, 1.54) is 7.05 Å². The fourth-order valence-electron chi connectivity index (χ4n) is 5.01. The molecule has 2 aliphatic heterocycles. The number of fused-ring (bicyclic) bond motifs is 2. The monoisotopic (exact) mass is 536 g/mol. The van der Waals surface area contributed by atoms with E-state index in [0.717, 1.165) is 11.1 Å². The third kappa shape index (κ3) is 5.28. The highest BCUT2D eigenvalue weighted by Crippen LogP contribution is 2.43. The molecule has 0 saturated heterocycles. The molecule has 208 valence electrons. The van der Waals surface area contributed by atoms with Crippen LogP contribution in [-0.2, 0) is 16.8 Å². The number of nitrogens with zero attached hydrogens (tertiary/aromatic N) is 2. The molecule has 0 aliphatic carbocycles. The number of ether oxygens (including phenoxy) is 2. The van der Waals surface area contributed by atoms with Crippen LogP contribution in [0.25, 0.3) is 0 Å². The number of aliphatic carboxylic acids is 1. The molecule has 3 N–H and O–H groups in total. The number of rotatable bonds is 8. The zero-order valence-corrected chi connectivity index (χ0v) is 23.3. The maximum atomic E-state index is 13.7. The van der Waals surface area contributed by atoms with Gasteiger partial charge in [0, 0.05) is 30.3 Å². The third-order valence-electron chi connectivity index (χ3n) is 7.16. The normalized spacial score (nSPS) is 15.3. The Morgan fingerprint density at radius 1 is 1.21 bits per heavy atom. The second kappa shape index (κ2) is 10.6.